The zero-order valence-electron chi connectivity index (χ0n) is 15.0. The van der Waals surface area contributed by atoms with Crippen LogP contribution in [0.1, 0.15) is 42.9 Å². The van der Waals surface area contributed by atoms with Crippen molar-refractivity contribution in [3.05, 3.63) is 34.9 Å². The fourth-order valence-electron chi connectivity index (χ4n) is 3.58. The summed E-state index contributed by atoms with van der Waals surface area (Å²) in [4.78, 5) is 24.2. The number of carbonyl (C=O) groups is 2. The summed E-state index contributed by atoms with van der Waals surface area (Å²) in [5.74, 6) is -0.868. The van der Waals surface area contributed by atoms with Crippen molar-refractivity contribution in [1.82, 2.24) is 5.32 Å². The van der Waals surface area contributed by atoms with Crippen LogP contribution in [0.4, 0.5) is 0 Å². The minimum atomic E-state index is -3.06. The molecule has 1 aliphatic heterocycles. The zero-order valence-corrected chi connectivity index (χ0v) is 15.8. The van der Waals surface area contributed by atoms with E-state index in [9.17, 15) is 18.0 Å². The van der Waals surface area contributed by atoms with Gasteiger partial charge in [0.2, 0.25) is 0 Å². The maximum atomic E-state index is 12.1. The Labute approximate surface area is 154 Å². The lowest BCUT2D eigenvalue weighted by Gasteiger charge is -2.18. The van der Waals surface area contributed by atoms with Crippen molar-refractivity contribution in [2.75, 3.05) is 11.5 Å². The lowest BCUT2D eigenvalue weighted by Crippen LogP contribution is -2.42. The van der Waals surface area contributed by atoms with Gasteiger partial charge in [0.05, 0.1) is 17.9 Å². The van der Waals surface area contributed by atoms with Crippen molar-refractivity contribution in [2.24, 2.45) is 0 Å². The molecule has 1 heterocycles. The van der Waals surface area contributed by atoms with Gasteiger partial charge in [-0.15, -0.1) is 0 Å². The van der Waals surface area contributed by atoms with Crippen molar-refractivity contribution in [1.29, 1.82) is 0 Å². The second-order valence-corrected chi connectivity index (χ2v) is 9.46. The molecule has 2 aliphatic rings. The van der Waals surface area contributed by atoms with E-state index in [1.807, 2.05) is 6.07 Å². The third-order valence-electron chi connectivity index (χ3n) is 5.02. The molecule has 1 aromatic rings. The minimum absolute atomic E-state index is 0.0471. The Morgan fingerprint density at radius 2 is 1.96 bits per heavy atom. The van der Waals surface area contributed by atoms with Gasteiger partial charge in [-0.2, -0.15) is 0 Å². The largest absolute Gasteiger partial charge is 0.452 e. The van der Waals surface area contributed by atoms with Gasteiger partial charge in [-0.3, -0.25) is 9.59 Å². The second kappa shape index (κ2) is 7.78. The van der Waals surface area contributed by atoms with Crippen LogP contribution in [0.15, 0.2) is 18.2 Å². The molecule has 0 unspecified atom stereocenters. The number of nitrogens with one attached hydrogen (secondary N) is 1. The number of ether oxygens (including phenoxy) is 1. The van der Waals surface area contributed by atoms with Crippen LogP contribution >= 0.6 is 0 Å². The molecule has 3 rings (SSSR count). The summed E-state index contributed by atoms with van der Waals surface area (Å²) in [6.07, 6.45) is 4.11. The minimum Gasteiger partial charge on any atom is -0.452 e. The first-order chi connectivity index (χ1) is 12.3. The van der Waals surface area contributed by atoms with Crippen molar-refractivity contribution in [3.8, 4) is 0 Å². The Morgan fingerprint density at radius 3 is 2.65 bits per heavy atom. The molecule has 2 atom stereocenters. The number of aryl methyl sites for hydroxylation is 2. The normalized spacial score (nSPS) is 22.3. The number of amides is 1. The predicted octanol–water partition coefficient (Wildman–Crippen LogP) is 1.34. The summed E-state index contributed by atoms with van der Waals surface area (Å²) in [5.41, 5.74) is 3.55. The Morgan fingerprint density at radius 1 is 1.23 bits per heavy atom. The van der Waals surface area contributed by atoms with Crippen LogP contribution in [0.25, 0.3) is 0 Å². The smallest absolute Gasteiger partial charge is 0.311 e. The molecule has 1 N–H and O–H groups in total. The number of carbonyl (C=O) groups excluding carboxylic acids is 2. The van der Waals surface area contributed by atoms with E-state index in [0.29, 0.717) is 6.42 Å². The van der Waals surface area contributed by atoms with Gasteiger partial charge in [0.15, 0.2) is 15.9 Å². The van der Waals surface area contributed by atoms with E-state index in [1.165, 1.54) is 30.9 Å². The first-order valence-electron chi connectivity index (χ1n) is 9.13. The fourth-order valence-corrected chi connectivity index (χ4v) is 5.26. The monoisotopic (exact) mass is 379 g/mol. The molecule has 0 spiro atoms. The van der Waals surface area contributed by atoms with Gasteiger partial charge in [0.1, 0.15) is 0 Å². The van der Waals surface area contributed by atoms with Gasteiger partial charge >= 0.3 is 5.97 Å². The van der Waals surface area contributed by atoms with Gasteiger partial charge in [-0.05, 0) is 55.7 Å². The number of hydrogen-bond acceptors (Lipinski definition) is 5. The molecule has 1 saturated heterocycles. The highest BCUT2D eigenvalue weighted by Crippen LogP contribution is 2.22. The van der Waals surface area contributed by atoms with Crippen molar-refractivity contribution >= 4 is 21.7 Å². The summed E-state index contributed by atoms with van der Waals surface area (Å²) in [5, 5.41) is 2.65. The number of rotatable bonds is 5. The topological polar surface area (TPSA) is 89.5 Å². The molecule has 142 valence electrons. The number of sulfone groups is 1. The number of benzene rings is 1. The van der Waals surface area contributed by atoms with Crippen LogP contribution in [0, 0.1) is 0 Å². The van der Waals surface area contributed by atoms with Crippen LogP contribution in [0.2, 0.25) is 0 Å². The van der Waals surface area contributed by atoms with E-state index < -0.39 is 33.9 Å². The van der Waals surface area contributed by atoms with Gasteiger partial charge in [-0.25, -0.2) is 8.42 Å². The molecule has 6 nitrogen and oxygen atoms in total. The van der Waals surface area contributed by atoms with Crippen molar-refractivity contribution in [2.45, 2.75) is 57.6 Å². The van der Waals surface area contributed by atoms with Crippen LogP contribution in [-0.4, -0.2) is 43.9 Å². The van der Waals surface area contributed by atoms with Crippen molar-refractivity contribution < 1.29 is 22.7 Å². The molecule has 1 amide bonds. The number of esters is 1. The lowest BCUT2D eigenvalue weighted by molar-refractivity contribution is -0.154. The first kappa shape index (κ1) is 18.9. The Balaban J connectivity index is 1.50. The highest BCUT2D eigenvalue weighted by atomic mass is 32.2. The standard InChI is InChI=1S/C19H25NO5S/c1-13(19(22)20-17-8-9-26(23,24)12-17)25-18(21)11-14-6-7-15-4-2-3-5-16(15)10-14/h6-7,10,13,17H,2-5,8-9,11-12H2,1H3,(H,20,22)/t13-,17-/m1/s1. The van der Waals surface area contributed by atoms with E-state index >= 15 is 0 Å². The average molecular weight is 379 g/mol. The average Bonchev–Trinajstić information content (AvgIpc) is 2.93. The summed E-state index contributed by atoms with van der Waals surface area (Å²) in [6, 6.07) is 5.69. The Bertz CT molecular complexity index is 802. The fraction of sp³-hybridized carbons (Fsp3) is 0.579. The van der Waals surface area contributed by atoms with E-state index in [2.05, 4.69) is 17.4 Å². The van der Waals surface area contributed by atoms with E-state index in [0.717, 1.165) is 18.4 Å². The molecule has 1 fully saturated rings. The van der Waals surface area contributed by atoms with E-state index in [1.54, 1.807) is 0 Å². The van der Waals surface area contributed by atoms with Crippen LogP contribution in [-0.2, 0) is 43.4 Å². The van der Waals surface area contributed by atoms with Gasteiger partial charge in [0, 0.05) is 6.04 Å². The highest BCUT2D eigenvalue weighted by molar-refractivity contribution is 7.91. The quantitative estimate of drug-likeness (QED) is 0.780. The summed E-state index contributed by atoms with van der Waals surface area (Å²) in [6.45, 7) is 1.50. The van der Waals surface area contributed by atoms with Crippen LogP contribution in [0.3, 0.4) is 0 Å². The molecular weight excluding hydrogens is 354 g/mol. The maximum Gasteiger partial charge on any atom is 0.311 e. The van der Waals surface area contributed by atoms with E-state index in [4.69, 9.17) is 4.74 Å². The first-order valence-corrected chi connectivity index (χ1v) is 11.0. The van der Waals surface area contributed by atoms with E-state index in [-0.39, 0.29) is 17.9 Å². The Hall–Kier alpha value is -1.89. The van der Waals surface area contributed by atoms with Gasteiger partial charge in [0.25, 0.3) is 5.91 Å². The summed E-state index contributed by atoms with van der Waals surface area (Å²) in [7, 11) is -3.06. The predicted molar refractivity (Wildman–Crippen MR) is 97.5 cm³/mol. The molecule has 26 heavy (non-hydrogen) atoms. The Kier molecular flexibility index (Phi) is 5.65. The molecule has 1 aliphatic carbocycles. The number of fused-ring (bicyclic) bond motifs is 1. The lowest BCUT2D eigenvalue weighted by atomic mass is 9.90. The molecule has 0 aromatic heterocycles. The third kappa shape index (κ3) is 4.84. The zero-order chi connectivity index (χ0) is 18.7. The molecule has 0 radical (unpaired) electrons. The van der Waals surface area contributed by atoms with Crippen LogP contribution < -0.4 is 5.32 Å². The third-order valence-corrected chi connectivity index (χ3v) is 6.79. The maximum absolute atomic E-state index is 12.1. The van der Waals surface area contributed by atoms with Crippen LogP contribution in [0.5, 0.6) is 0 Å². The number of hydrogen-bond donors (Lipinski definition) is 1. The highest BCUT2D eigenvalue weighted by Gasteiger charge is 2.30. The molecule has 0 saturated carbocycles. The summed E-state index contributed by atoms with van der Waals surface area (Å²) >= 11 is 0. The van der Waals surface area contributed by atoms with Gasteiger partial charge in [-0.1, -0.05) is 18.2 Å². The molecule has 7 heteroatoms. The molecular formula is C19H25NO5S. The summed E-state index contributed by atoms with van der Waals surface area (Å²) < 4.78 is 28.1. The second-order valence-electron chi connectivity index (χ2n) is 7.23. The van der Waals surface area contributed by atoms with Crippen molar-refractivity contribution in [3.63, 3.8) is 0 Å². The molecule has 1 aromatic carbocycles. The SMILES string of the molecule is C[C@@H](OC(=O)Cc1ccc2c(c1)CCCC2)C(=O)N[C@@H]1CCS(=O)(=O)C1. The molecule has 0 bridgehead atoms. The van der Waals surface area contributed by atoms with Gasteiger partial charge < -0.3 is 10.1 Å².